The van der Waals surface area contributed by atoms with Crippen molar-refractivity contribution in [3.8, 4) is 0 Å². The average molecular weight is 455 g/mol. The van der Waals surface area contributed by atoms with Crippen LogP contribution >= 0.6 is 24.0 Å². The summed E-state index contributed by atoms with van der Waals surface area (Å²) in [5, 5.41) is 5.93. The first-order valence-electron chi connectivity index (χ1n) is 7.50. The van der Waals surface area contributed by atoms with E-state index in [0.717, 1.165) is 16.9 Å². The van der Waals surface area contributed by atoms with Crippen molar-refractivity contribution in [2.45, 2.75) is 25.9 Å². The van der Waals surface area contributed by atoms with Gasteiger partial charge in [0, 0.05) is 19.5 Å². The van der Waals surface area contributed by atoms with Crippen LogP contribution in [0.15, 0.2) is 29.3 Å². The van der Waals surface area contributed by atoms with Crippen LogP contribution in [0.5, 0.6) is 0 Å². The SMILES string of the molecule is CCNC(=NCCC(F)(F)F)NCCc1nc2ccccc2[nH]1.I. The fourth-order valence-electron chi connectivity index (χ4n) is 2.06. The van der Waals surface area contributed by atoms with E-state index in [2.05, 4.69) is 25.6 Å². The van der Waals surface area contributed by atoms with Crippen LogP contribution in [0.3, 0.4) is 0 Å². The number of H-pyrrole nitrogens is 1. The summed E-state index contributed by atoms with van der Waals surface area (Å²) < 4.78 is 36.4. The Balaban J connectivity index is 0.00000288. The van der Waals surface area contributed by atoms with E-state index in [-0.39, 0.29) is 30.5 Å². The third kappa shape index (κ3) is 6.93. The molecule has 0 fully saturated rings. The van der Waals surface area contributed by atoms with Gasteiger partial charge in [-0.05, 0) is 19.1 Å². The summed E-state index contributed by atoms with van der Waals surface area (Å²) in [4.78, 5) is 11.6. The normalized spacial score (nSPS) is 12.1. The van der Waals surface area contributed by atoms with Gasteiger partial charge in [-0.25, -0.2) is 4.98 Å². The number of aliphatic imine (C=N–C) groups is 1. The Morgan fingerprint density at radius 1 is 1.25 bits per heavy atom. The molecule has 3 N–H and O–H groups in total. The zero-order valence-corrected chi connectivity index (χ0v) is 15.6. The van der Waals surface area contributed by atoms with Crippen LogP contribution in [-0.2, 0) is 6.42 Å². The van der Waals surface area contributed by atoms with Gasteiger partial charge in [-0.15, -0.1) is 24.0 Å². The molecule has 0 aliphatic rings. The highest BCUT2D eigenvalue weighted by atomic mass is 127. The van der Waals surface area contributed by atoms with Crippen molar-refractivity contribution in [3.05, 3.63) is 30.1 Å². The van der Waals surface area contributed by atoms with Gasteiger partial charge in [0.1, 0.15) is 5.82 Å². The Hall–Kier alpha value is -1.52. The number of imidazole rings is 1. The molecule has 24 heavy (non-hydrogen) atoms. The molecule has 1 heterocycles. The number of fused-ring (bicyclic) bond motifs is 1. The molecule has 0 aliphatic heterocycles. The summed E-state index contributed by atoms with van der Waals surface area (Å²) >= 11 is 0. The molecule has 2 aromatic rings. The van der Waals surface area contributed by atoms with Crippen molar-refractivity contribution in [1.29, 1.82) is 0 Å². The average Bonchev–Trinajstić information content (AvgIpc) is 2.88. The highest BCUT2D eigenvalue weighted by Crippen LogP contribution is 2.18. The first-order chi connectivity index (χ1) is 11.0. The van der Waals surface area contributed by atoms with E-state index in [0.29, 0.717) is 25.5 Å². The molecular formula is C15H21F3IN5. The van der Waals surface area contributed by atoms with Gasteiger partial charge in [0.15, 0.2) is 5.96 Å². The monoisotopic (exact) mass is 455 g/mol. The molecule has 1 aromatic heterocycles. The van der Waals surface area contributed by atoms with E-state index in [4.69, 9.17) is 0 Å². The lowest BCUT2D eigenvalue weighted by Gasteiger charge is -2.11. The lowest BCUT2D eigenvalue weighted by atomic mass is 10.3. The Labute approximate surface area is 155 Å². The quantitative estimate of drug-likeness (QED) is 0.356. The van der Waals surface area contributed by atoms with E-state index in [1.54, 1.807) is 0 Å². The summed E-state index contributed by atoms with van der Waals surface area (Å²) in [5.41, 5.74) is 1.86. The van der Waals surface area contributed by atoms with Gasteiger partial charge in [0.2, 0.25) is 0 Å². The smallest absolute Gasteiger partial charge is 0.357 e. The topological polar surface area (TPSA) is 65.1 Å². The van der Waals surface area contributed by atoms with Gasteiger partial charge in [0.05, 0.1) is 24.0 Å². The van der Waals surface area contributed by atoms with Crippen molar-refractivity contribution < 1.29 is 13.2 Å². The lowest BCUT2D eigenvalue weighted by molar-refractivity contribution is -0.132. The van der Waals surface area contributed by atoms with E-state index < -0.39 is 12.6 Å². The zero-order chi connectivity index (χ0) is 16.7. The second-order valence-electron chi connectivity index (χ2n) is 5.00. The second-order valence-corrected chi connectivity index (χ2v) is 5.00. The number of para-hydroxylation sites is 2. The van der Waals surface area contributed by atoms with Gasteiger partial charge in [-0.1, -0.05) is 12.1 Å². The minimum atomic E-state index is -4.19. The van der Waals surface area contributed by atoms with Crippen molar-refractivity contribution >= 4 is 41.0 Å². The number of alkyl halides is 3. The molecule has 0 atom stereocenters. The molecule has 0 bridgehead atoms. The van der Waals surface area contributed by atoms with Crippen molar-refractivity contribution in [2.24, 2.45) is 4.99 Å². The molecule has 0 radical (unpaired) electrons. The fraction of sp³-hybridized carbons (Fsp3) is 0.467. The van der Waals surface area contributed by atoms with Gasteiger partial charge in [-0.3, -0.25) is 4.99 Å². The first-order valence-corrected chi connectivity index (χ1v) is 7.50. The molecule has 5 nitrogen and oxygen atoms in total. The summed E-state index contributed by atoms with van der Waals surface area (Å²) in [6, 6.07) is 7.72. The molecule has 2 rings (SSSR count). The van der Waals surface area contributed by atoms with Crippen LogP contribution < -0.4 is 10.6 Å². The van der Waals surface area contributed by atoms with Crippen LogP contribution in [0.25, 0.3) is 11.0 Å². The molecule has 0 amide bonds. The molecule has 0 aliphatic carbocycles. The maximum absolute atomic E-state index is 12.1. The maximum Gasteiger partial charge on any atom is 0.390 e. The number of halogens is 4. The molecule has 0 saturated heterocycles. The standard InChI is InChI=1S/C15H20F3N5.HI/c1-2-19-14(21-10-8-15(16,17)18)20-9-7-13-22-11-5-3-4-6-12(11)23-13;/h3-6H,2,7-10H2,1H3,(H,22,23)(H2,19,20,21);1H. The molecule has 0 unspecified atom stereocenters. The Bertz CT molecular complexity index is 621. The van der Waals surface area contributed by atoms with E-state index in [1.165, 1.54) is 0 Å². The second kappa shape index (κ2) is 9.70. The van der Waals surface area contributed by atoms with Crippen LogP contribution in [0.4, 0.5) is 13.2 Å². The predicted octanol–water partition coefficient (Wildman–Crippen LogP) is 3.23. The Kier molecular flexibility index (Phi) is 8.29. The molecule has 0 saturated carbocycles. The van der Waals surface area contributed by atoms with Gasteiger partial charge in [-0.2, -0.15) is 13.2 Å². The molecule has 134 valence electrons. The van der Waals surface area contributed by atoms with Crippen molar-refractivity contribution in [1.82, 2.24) is 20.6 Å². The number of aromatic nitrogens is 2. The number of hydrogen-bond acceptors (Lipinski definition) is 2. The number of guanidine groups is 1. The molecule has 9 heteroatoms. The third-order valence-corrected chi connectivity index (χ3v) is 3.10. The number of benzene rings is 1. The lowest BCUT2D eigenvalue weighted by Crippen LogP contribution is -2.38. The van der Waals surface area contributed by atoms with Crippen LogP contribution in [-0.4, -0.2) is 41.7 Å². The zero-order valence-electron chi connectivity index (χ0n) is 13.3. The highest BCUT2D eigenvalue weighted by molar-refractivity contribution is 14.0. The molecule has 0 spiro atoms. The van der Waals surface area contributed by atoms with Crippen LogP contribution in [0, 0.1) is 0 Å². The van der Waals surface area contributed by atoms with Crippen LogP contribution in [0.1, 0.15) is 19.2 Å². The first kappa shape index (κ1) is 20.5. The Morgan fingerprint density at radius 2 is 2.00 bits per heavy atom. The summed E-state index contributed by atoms with van der Waals surface area (Å²) in [6.07, 6.45) is -4.49. The summed E-state index contributed by atoms with van der Waals surface area (Å²) in [6.45, 7) is 2.68. The molecule has 1 aromatic carbocycles. The number of nitrogens with one attached hydrogen (secondary N) is 3. The van der Waals surface area contributed by atoms with Crippen molar-refractivity contribution in [3.63, 3.8) is 0 Å². The fourth-order valence-corrected chi connectivity index (χ4v) is 2.06. The number of rotatable bonds is 6. The predicted molar refractivity (Wildman–Crippen MR) is 99.9 cm³/mol. The maximum atomic E-state index is 12.1. The summed E-state index contributed by atoms with van der Waals surface area (Å²) in [5.74, 6) is 1.21. The number of aromatic amines is 1. The van der Waals surface area contributed by atoms with E-state index in [1.807, 2.05) is 31.2 Å². The largest absolute Gasteiger partial charge is 0.390 e. The minimum Gasteiger partial charge on any atom is -0.357 e. The highest BCUT2D eigenvalue weighted by Gasteiger charge is 2.26. The Morgan fingerprint density at radius 3 is 2.67 bits per heavy atom. The minimum absolute atomic E-state index is 0. The van der Waals surface area contributed by atoms with E-state index >= 15 is 0 Å². The van der Waals surface area contributed by atoms with Crippen LogP contribution in [0.2, 0.25) is 0 Å². The third-order valence-electron chi connectivity index (χ3n) is 3.10. The van der Waals surface area contributed by atoms with Gasteiger partial charge in [0.25, 0.3) is 0 Å². The van der Waals surface area contributed by atoms with Gasteiger partial charge >= 0.3 is 6.18 Å². The molecular weight excluding hydrogens is 434 g/mol. The van der Waals surface area contributed by atoms with E-state index in [9.17, 15) is 13.2 Å². The summed E-state index contributed by atoms with van der Waals surface area (Å²) in [7, 11) is 0. The van der Waals surface area contributed by atoms with Crippen molar-refractivity contribution in [2.75, 3.05) is 19.6 Å². The number of hydrogen-bond donors (Lipinski definition) is 3. The van der Waals surface area contributed by atoms with Gasteiger partial charge < -0.3 is 15.6 Å². The number of nitrogens with zero attached hydrogens (tertiary/aromatic N) is 2.